The summed E-state index contributed by atoms with van der Waals surface area (Å²) in [4.78, 5) is 0. The van der Waals surface area contributed by atoms with Crippen LogP contribution in [0.4, 0.5) is 11.4 Å². The SMILES string of the molecule is Cc1c(Cl)ccc(N)c1NCC(O)CC(C)(C)C. The van der Waals surface area contributed by atoms with Gasteiger partial charge in [-0.2, -0.15) is 0 Å². The molecule has 0 saturated carbocycles. The van der Waals surface area contributed by atoms with Crippen molar-refractivity contribution in [3.63, 3.8) is 0 Å². The van der Waals surface area contributed by atoms with E-state index in [1.165, 1.54) is 0 Å². The number of anilines is 2. The zero-order valence-electron chi connectivity index (χ0n) is 11.5. The van der Waals surface area contributed by atoms with E-state index in [1.807, 2.05) is 6.92 Å². The number of aliphatic hydroxyl groups excluding tert-OH is 1. The van der Waals surface area contributed by atoms with Gasteiger partial charge in [0.05, 0.1) is 17.5 Å². The molecule has 0 heterocycles. The van der Waals surface area contributed by atoms with Crippen LogP contribution in [0.1, 0.15) is 32.8 Å². The Morgan fingerprint density at radius 1 is 1.39 bits per heavy atom. The second kappa shape index (κ2) is 5.81. The maximum Gasteiger partial charge on any atom is 0.0717 e. The molecule has 0 aromatic heterocycles. The molecule has 0 radical (unpaired) electrons. The highest BCUT2D eigenvalue weighted by Crippen LogP contribution is 2.29. The Hall–Kier alpha value is -0.930. The molecule has 1 aromatic rings. The van der Waals surface area contributed by atoms with Crippen LogP contribution in [-0.4, -0.2) is 17.8 Å². The molecule has 0 aliphatic carbocycles. The average molecular weight is 271 g/mol. The number of nitrogen functional groups attached to an aromatic ring is 1. The summed E-state index contributed by atoms with van der Waals surface area (Å²) >= 11 is 6.05. The van der Waals surface area contributed by atoms with Crippen molar-refractivity contribution in [2.24, 2.45) is 5.41 Å². The monoisotopic (exact) mass is 270 g/mol. The summed E-state index contributed by atoms with van der Waals surface area (Å²) in [6, 6.07) is 3.55. The van der Waals surface area contributed by atoms with Crippen LogP contribution in [0.2, 0.25) is 5.02 Å². The van der Waals surface area contributed by atoms with Crippen LogP contribution < -0.4 is 11.1 Å². The van der Waals surface area contributed by atoms with E-state index in [0.717, 1.165) is 17.7 Å². The van der Waals surface area contributed by atoms with E-state index < -0.39 is 6.10 Å². The lowest BCUT2D eigenvalue weighted by molar-refractivity contribution is 0.132. The lowest BCUT2D eigenvalue weighted by atomic mass is 9.89. The number of aliphatic hydroxyl groups is 1. The second-order valence-corrected chi connectivity index (χ2v) is 6.34. The molecule has 0 amide bonds. The van der Waals surface area contributed by atoms with Crippen molar-refractivity contribution in [2.75, 3.05) is 17.6 Å². The van der Waals surface area contributed by atoms with E-state index in [2.05, 4.69) is 26.1 Å². The molecule has 1 atom stereocenters. The molecule has 0 spiro atoms. The van der Waals surface area contributed by atoms with Gasteiger partial charge in [0.2, 0.25) is 0 Å². The highest BCUT2D eigenvalue weighted by molar-refractivity contribution is 6.31. The molecule has 18 heavy (non-hydrogen) atoms. The van der Waals surface area contributed by atoms with E-state index in [1.54, 1.807) is 12.1 Å². The number of rotatable bonds is 4. The first-order valence-electron chi connectivity index (χ1n) is 6.17. The Labute approximate surface area is 114 Å². The Morgan fingerprint density at radius 2 is 2.00 bits per heavy atom. The maximum atomic E-state index is 9.96. The zero-order valence-corrected chi connectivity index (χ0v) is 12.3. The van der Waals surface area contributed by atoms with E-state index in [0.29, 0.717) is 17.3 Å². The van der Waals surface area contributed by atoms with Crippen molar-refractivity contribution in [2.45, 2.75) is 40.2 Å². The van der Waals surface area contributed by atoms with Gasteiger partial charge in [0, 0.05) is 11.6 Å². The number of hydrogen-bond acceptors (Lipinski definition) is 3. The van der Waals surface area contributed by atoms with Gasteiger partial charge in [-0.15, -0.1) is 0 Å². The van der Waals surface area contributed by atoms with Gasteiger partial charge in [-0.25, -0.2) is 0 Å². The number of halogens is 1. The fourth-order valence-electron chi connectivity index (χ4n) is 1.94. The molecule has 0 aliphatic rings. The van der Waals surface area contributed by atoms with Gasteiger partial charge in [-0.05, 0) is 36.5 Å². The Kier molecular flexibility index (Phi) is 4.88. The molecule has 0 bridgehead atoms. The molecule has 1 unspecified atom stereocenters. The Bertz CT molecular complexity index is 413. The van der Waals surface area contributed by atoms with Gasteiger partial charge in [0.1, 0.15) is 0 Å². The minimum atomic E-state index is -0.400. The van der Waals surface area contributed by atoms with Crippen LogP contribution in [0.5, 0.6) is 0 Å². The summed E-state index contributed by atoms with van der Waals surface area (Å²) in [5, 5.41) is 13.8. The normalized spacial score (nSPS) is 13.4. The summed E-state index contributed by atoms with van der Waals surface area (Å²) in [5.74, 6) is 0. The van der Waals surface area contributed by atoms with Gasteiger partial charge < -0.3 is 16.2 Å². The topological polar surface area (TPSA) is 58.3 Å². The van der Waals surface area contributed by atoms with Gasteiger partial charge in [-0.3, -0.25) is 0 Å². The van der Waals surface area contributed by atoms with E-state index >= 15 is 0 Å². The molecule has 1 aromatic carbocycles. The Balaban J connectivity index is 2.67. The Morgan fingerprint density at radius 3 is 2.56 bits per heavy atom. The molecule has 3 nitrogen and oxygen atoms in total. The fraction of sp³-hybridized carbons (Fsp3) is 0.571. The van der Waals surface area contributed by atoms with Crippen molar-refractivity contribution in [1.82, 2.24) is 0 Å². The van der Waals surface area contributed by atoms with Crippen LogP contribution in [0.15, 0.2) is 12.1 Å². The highest BCUT2D eigenvalue weighted by Gasteiger charge is 2.17. The lowest BCUT2D eigenvalue weighted by Crippen LogP contribution is -2.25. The molecule has 0 aliphatic heterocycles. The average Bonchev–Trinajstić information content (AvgIpc) is 2.21. The third-order valence-electron chi connectivity index (χ3n) is 2.79. The summed E-state index contributed by atoms with van der Waals surface area (Å²) in [6.45, 7) is 8.71. The summed E-state index contributed by atoms with van der Waals surface area (Å²) in [7, 11) is 0. The van der Waals surface area contributed by atoms with Crippen molar-refractivity contribution in [3.05, 3.63) is 22.7 Å². The highest BCUT2D eigenvalue weighted by atomic mass is 35.5. The largest absolute Gasteiger partial charge is 0.397 e. The molecule has 1 rings (SSSR count). The number of nitrogens with two attached hydrogens (primary N) is 1. The molecular weight excluding hydrogens is 248 g/mol. The van der Waals surface area contributed by atoms with Crippen LogP contribution in [0, 0.1) is 12.3 Å². The summed E-state index contributed by atoms with van der Waals surface area (Å²) < 4.78 is 0. The van der Waals surface area contributed by atoms with Crippen LogP contribution in [0.3, 0.4) is 0 Å². The van der Waals surface area contributed by atoms with Gasteiger partial charge in [0.25, 0.3) is 0 Å². The van der Waals surface area contributed by atoms with Crippen LogP contribution >= 0.6 is 11.6 Å². The first-order valence-corrected chi connectivity index (χ1v) is 6.55. The third kappa shape index (κ3) is 4.39. The zero-order chi connectivity index (χ0) is 13.9. The van der Waals surface area contributed by atoms with Crippen molar-refractivity contribution < 1.29 is 5.11 Å². The first kappa shape index (κ1) is 15.1. The molecule has 4 N–H and O–H groups in total. The van der Waals surface area contributed by atoms with Crippen LogP contribution in [0.25, 0.3) is 0 Å². The minimum absolute atomic E-state index is 0.107. The lowest BCUT2D eigenvalue weighted by Gasteiger charge is -2.23. The molecule has 4 heteroatoms. The molecule has 0 fully saturated rings. The minimum Gasteiger partial charge on any atom is -0.397 e. The molecule has 102 valence electrons. The quantitative estimate of drug-likeness (QED) is 0.735. The van der Waals surface area contributed by atoms with E-state index in [4.69, 9.17) is 17.3 Å². The van der Waals surface area contributed by atoms with E-state index in [-0.39, 0.29) is 5.41 Å². The predicted molar refractivity (Wildman–Crippen MR) is 79.2 cm³/mol. The summed E-state index contributed by atoms with van der Waals surface area (Å²) in [5.41, 5.74) is 8.39. The smallest absolute Gasteiger partial charge is 0.0717 e. The van der Waals surface area contributed by atoms with Gasteiger partial charge in [0.15, 0.2) is 0 Å². The van der Waals surface area contributed by atoms with Gasteiger partial charge >= 0.3 is 0 Å². The third-order valence-corrected chi connectivity index (χ3v) is 3.20. The standard InChI is InChI=1S/C14H23ClN2O/c1-9-11(15)5-6-12(16)13(9)17-8-10(18)7-14(2,3)4/h5-6,10,17-18H,7-8,16H2,1-4H3. The second-order valence-electron chi connectivity index (χ2n) is 5.94. The number of benzene rings is 1. The number of hydrogen-bond donors (Lipinski definition) is 3. The first-order chi connectivity index (χ1) is 8.20. The maximum absolute atomic E-state index is 9.96. The van der Waals surface area contributed by atoms with Gasteiger partial charge in [-0.1, -0.05) is 32.4 Å². The predicted octanol–water partition coefficient (Wildman–Crippen LogP) is 3.44. The molecular formula is C14H23ClN2O. The van der Waals surface area contributed by atoms with E-state index in [9.17, 15) is 5.11 Å². The molecule has 0 saturated heterocycles. The number of nitrogens with one attached hydrogen (secondary N) is 1. The fourth-order valence-corrected chi connectivity index (χ4v) is 2.10. The van der Waals surface area contributed by atoms with Crippen molar-refractivity contribution in [1.29, 1.82) is 0 Å². The van der Waals surface area contributed by atoms with Crippen molar-refractivity contribution in [3.8, 4) is 0 Å². The summed E-state index contributed by atoms with van der Waals surface area (Å²) in [6.07, 6.45) is 0.335. The van der Waals surface area contributed by atoms with Crippen molar-refractivity contribution >= 4 is 23.0 Å². The van der Waals surface area contributed by atoms with Crippen LogP contribution in [-0.2, 0) is 0 Å².